The Bertz CT molecular complexity index is 561. The van der Waals surface area contributed by atoms with Crippen molar-refractivity contribution in [3.8, 4) is 0 Å². The van der Waals surface area contributed by atoms with Gasteiger partial charge in [0.15, 0.2) is 0 Å². The molecule has 0 aromatic heterocycles. The van der Waals surface area contributed by atoms with E-state index in [4.69, 9.17) is 0 Å². The van der Waals surface area contributed by atoms with Crippen molar-refractivity contribution in [1.82, 2.24) is 0 Å². The molecule has 2 rings (SSSR count). The normalized spacial score (nSPS) is 10.7. The van der Waals surface area contributed by atoms with Gasteiger partial charge in [-0.2, -0.15) is 0 Å². The number of hydrogen-bond donors (Lipinski definition) is 1. The molecule has 18 heavy (non-hydrogen) atoms. The molecule has 0 heterocycles. The molecule has 1 N–H and O–H groups in total. The van der Waals surface area contributed by atoms with Crippen LogP contribution in [0.4, 0.5) is 0 Å². The fourth-order valence-corrected chi connectivity index (χ4v) is 2.95. The molecule has 0 unspecified atom stereocenters. The zero-order valence-corrected chi connectivity index (χ0v) is 11.8. The standard InChI is InChI=1S/C16H18OS/c1-11-4-6-15(13(3)8-11)18-16-7-5-12(2)9-14(16)10-17/h4-9,17H,10H2,1-3H3. The molecule has 2 aromatic rings. The molecule has 0 radical (unpaired) electrons. The van der Waals surface area contributed by atoms with E-state index in [9.17, 15) is 5.11 Å². The van der Waals surface area contributed by atoms with Gasteiger partial charge in [-0.1, -0.05) is 47.2 Å². The van der Waals surface area contributed by atoms with Crippen molar-refractivity contribution in [1.29, 1.82) is 0 Å². The van der Waals surface area contributed by atoms with E-state index in [1.54, 1.807) is 11.8 Å². The highest BCUT2D eigenvalue weighted by molar-refractivity contribution is 7.99. The van der Waals surface area contributed by atoms with Gasteiger partial charge in [0.05, 0.1) is 6.61 Å². The fourth-order valence-electron chi connectivity index (χ4n) is 1.96. The molecule has 0 aliphatic heterocycles. The van der Waals surface area contributed by atoms with Crippen molar-refractivity contribution in [2.45, 2.75) is 37.2 Å². The zero-order valence-electron chi connectivity index (χ0n) is 11.0. The van der Waals surface area contributed by atoms with Crippen LogP contribution in [0.1, 0.15) is 22.3 Å². The predicted octanol–water partition coefficient (Wildman–Crippen LogP) is 4.26. The molecule has 94 valence electrons. The van der Waals surface area contributed by atoms with E-state index in [1.165, 1.54) is 21.6 Å². The number of benzene rings is 2. The van der Waals surface area contributed by atoms with Crippen LogP contribution in [-0.2, 0) is 6.61 Å². The maximum Gasteiger partial charge on any atom is 0.0692 e. The van der Waals surface area contributed by atoms with Crippen LogP contribution in [0.25, 0.3) is 0 Å². The summed E-state index contributed by atoms with van der Waals surface area (Å²) in [6.45, 7) is 6.37. The first-order valence-corrected chi connectivity index (χ1v) is 6.87. The fraction of sp³-hybridized carbons (Fsp3) is 0.250. The van der Waals surface area contributed by atoms with Gasteiger partial charge < -0.3 is 5.11 Å². The molecule has 1 nitrogen and oxygen atoms in total. The van der Waals surface area contributed by atoms with Gasteiger partial charge in [-0.15, -0.1) is 0 Å². The second kappa shape index (κ2) is 5.59. The van der Waals surface area contributed by atoms with Crippen LogP contribution >= 0.6 is 11.8 Å². The maximum absolute atomic E-state index is 9.42. The van der Waals surface area contributed by atoms with Gasteiger partial charge in [-0.25, -0.2) is 0 Å². The third-order valence-corrected chi connectivity index (χ3v) is 4.23. The van der Waals surface area contributed by atoms with Crippen molar-refractivity contribution in [2.75, 3.05) is 0 Å². The second-order valence-corrected chi connectivity index (χ2v) is 5.72. The molecule has 2 heteroatoms. The van der Waals surface area contributed by atoms with E-state index in [1.807, 2.05) is 13.0 Å². The summed E-state index contributed by atoms with van der Waals surface area (Å²) in [6.07, 6.45) is 0. The van der Waals surface area contributed by atoms with Gasteiger partial charge >= 0.3 is 0 Å². The number of aliphatic hydroxyl groups excluding tert-OH is 1. The Kier molecular flexibility index (Phi) is 4.10. The monoisotopic (exact) mass is 258 g/mol. The molecule has 0 bridgehead atoms. The van der Waals surface area contributed by atoms with E-state index >= 15 is 0 Å². The van der Waals surface area contributed by atoms with E-state index in [2.05, 4.69) is 44.2 Å². The van der Waals surface area contributed by atoms with Crippen LogP contribution < -0.4 is 0 Å². The lowest BCUT2D eigenvalue weighted by molar-refractivity contribution is 0.279. The molecule has 0 aliphatic carbocycles. The summed E-state index contributed by atoms with van der Waals surface area (Å²) in [5, 5.41) is 9.42. The first kappa shape index (κ1) is 13.2. The summed E-state index contributed by atoms with van der Waals surface area (Å²) in [4.78, 5) is 2.38. The molecule has 0 atom stereocenters. The Morgan fingerprint density at radius 1 is 0.889 bits per heavy atom. The van der Waals surface area contributed by atoms with E-state index in [0.29, 0.717) is 0 Å². The summed E-state index contributed by atoms with van der Waals surface area (Å²) in [7, 11) is 0. The van der Waals surface area contributed by atoms with Crippen molar-refractivity contribution in [2.24, 2.45) is 0 Å². The highest BCUT2D eigenvalue weighted by atomic mass is 32.2. The van der Waals surface area contributed by atoms with Gasteiger partial charge in [-0.3, -0.25) is 0 Å². The SMILES string of the molecule is Cc1ccc(Sc2ccc(C)cc2CO)c(C)c1. The van der Waals surface area contributed by atoms with Gasteiger partial charge in [0, 0.05) is 9.79 Å². The summed E-state index contributed by atoms with van der Waals surface area (Å²) < 4.78 is 0. The highest BCUT2D eigenvalue weighted by Crippen LogP contribution is 2.33. The number of aryl methyl sites for hydroxylation is 3. The minimum Gasteiger partial charge on any atom is -0.392 e. The topological polar surface area (TPSA) is 20.2 Å². The Hall–Kier alpha value is -1.25. The quantitative estimate of drug-likeness (QED) is 0.888. The largest absolute Gasteiger partial charge is 0.392 e. The second-order valence-electron chi connectivity index (χ2n) is 4.64. The first-order valence-electron chi connectivity index (χ1n) is 6.05. The van der Waals surface area contributed by atoms with Crippen LogP contribution in [0.15, 0.2) is 46.2 Å². The van der Waals surface area contributed by atoms with Crippen LogP contribution in [0.2, 0.25) is 0 Å². The molecule has 0 spiro atoms. The van der Waals surface area contributed by atoms with Gasteiger partial charge in [0.25, 0.3) is 0 Å². The average Bonchev–Trinajstić information content (AvgIpc) is 2.34. The van der Waals surface area contributed by atoms with Gasteiger partial charge in [-0.05, 0) is 44.0 Å². The van der Waals surface area contributed by atoms with E-state index < -0.39 is 0 Å². The van der Waals surface area contributed by atoms with Crippen molar-refractivity contribution in [3.63, 3.8) is 0 Å². The van der Waals surface area contributed by atoms with E-state index in [-0.39, 0.29) is 6.61 Å². The Morgan fingerprint density at radius 2 is 1.50 bits per heavy atom. The lowest BCUT2D eigenvalue weighted by atomic mass is 10.1. The molecule has 0 amide bonds. The molecule has 0 fully saturated rings. The number of hydrogen-bond acceptors (Lipinski definition) is 2. The van der Waals surface area contributed by atoms with Crippen molar-refractivity contribution < 1.29 is 5.11 Å². The molecule has 0 saturated heterocycles. The summed E-state index contributed by atoms with van der Waals surface area (Å²) in [5.74, 6) is 0. The summed E-state index contributed by atoms with van der Waals surface area (Å²) in [5.41, 5.74) is 4.75. The molecular weight excluding hydrogens is 240 g/mol. The minimum absolute atomic E-state index is 0.0922. The van der Waals surface area contributed by atoms with Crippen LogP contribution in [-0.4, -0.2) is 5.11 Å². The lowest BCUT2D eigenvalue weighted by Gasteiger charge is -2.10. The average molecular weight is 258 g/mol. The Balaban J connectivity index is 2.33. The third-order valence-electron chi connectivity index (χ3n) is 2.94. The molecule has 0 aliphatic rings. The Morgan fingerprint density at radius 3 is 2.11 bits per heavy atom. The maximum atomic E-state index is 9.42. The molecule has 0 saturated carbocycles. The van der Waals surface area contributed by atoms with Crippen molar-refractivity contribution in [3.05, 3.63) is 58.7 Å². The van der Waals surface area contributed by atoms with Crippen LogP contribution in [0.3, 0.4) is 0 Å². The smallest absolute Gasteiger partial charge is 0.0692 e. The van der Waals surface area contributed by atoms with Crippen molar-refractivity contribution >= 4 is 11.8 Å². The van der Waals surface area contributed by atoms with Crippen LogP contribution in [0.5, 0.6) is 0 Å². The number of aliphatic hydroxyl groups is 1. The van der Waals surface area contributed by atoms with Crippen LogP contribution in [0, 0.1) is 20.8 Å². The summed E-state index contributed by atoms with van der Waals surface area (Å²) >= 11 is 1.72. The third kappa shape index (κ3) is 2.95. The Labute approximate surface area is 113 Å². The van der Waals surface area contributed by atoms with Gasteiger partial charge in [0.2, 0.25) is 0 Å². The zero-order chi connectivity index (χ0) is 13.1. The summed E-state index contributed by atoms with van der Waals surface area (Å²) in [6, 6.07) is 12.7. The molecule has 2 aromatic carbocycles. The number of rotatable bonds is 3. The minimum atomic E-state index is 0.0922. The highest BCUT2D eigenvalue weighted by Gasteiger charge is 2.06. The lowest BCUT2D eigenvalue weighted by Crippen LogP contribution is -1.90. The van der Waals surface area contributed by atoms with E-state index in [0.717, 1.165) is 10.5 Å². The first-order chi connectivity index (χ1) is 8.60. The molecular formula is C16H18OS. The predicted molar refractivity (Wildman–Crippen MR) is 77.1 cm³/mol. The van der Waals surface area contributed by atoms with Gasteiger partial charge in [0.1, 0.15) is 0 Å².